The minimum atomic E-state index is -0.0784. The van der Waals surface area contributed by atoms with Crippen LogP contribution in [0.15, 0.2) is 6.20 Å². The van der Waals surface area contributed by atoms with Crippen LogP contribution in [0.25, 0.3) is 0 Å². The number of aromatic nitrogens is 1. The van der Waals surface area contributed by atoms with Crippen LogP contribution in [-0.2, 0) is 4.74 Å². The quantitative estimate of drug-likeness (QED) is 0.848. The number of ether oxygens (including phenoxy) is 1. The molecule has 1 aromatic rings. The standard InChI is InChI=1S/C13H24N2OS/c1-9(7-13(4,5)16-6)15-11(3)12-14-8-10(2)17-12/h8-9,11,15H,7H2,1-6H3. The topological polar surface area (TPSA) is 34.1 Å². The Morgan fingerprint density at radius 2 is 2.12 bits per heavy atom. The zero-order chi connectivity index (χ0) is 13.1. The van der Waals surface area contributed by atoms with E-state index < -0.39 is 0 Å². The molecule has 0 saturated carbocycles. The molecule has 0 aliphatic rings. The van der Waals surface area contributed by atoms with Crippen molar-refractivity contribution in [1.29, 1.82) is 0 Å². The molecule has 0 spiro atoms. The zero-order valence-corrected chi connectivity index (χ0v) is 12.5. The zero-order valence-electron chi connectivity index (χ0n) is 11.7. The molecular weight excluding hydrogens is 232 g/mol. The molecule has 0 bridgehead atoms. The van der Waals surface area contributed by atoms with Crippen molar-refractivity contribution in [2.45, 2.75) is 58.7 Å². The van der Waals surface area contributed by atoms with Crippen LogP contribution in [0.4, 0.5) is 0 Å². The Balaban J connectivity index is 2.49. The number of rotatable bonds is 6. The molecule has 98 valence electrons. The van der Waals surface area contributed by atoms with Gasteiger partial charge in [0.1, 0.15) is 5.01 Å². The summed E-state index contributed by atoms with van der Waals surface area (Å²) in [4.78, 5) is 5.67. The second kappa shape index (κ2) is 5.94. The van der Waals surface area contributed by atoms with Crippen LogP contribution in [0, 0.1) is 6.92 Å². The van der Waals surface area contributed by atoms with Crippen LogP contribution >= 0.6 is 11.3 Å². The number of aryl methyl sites for hydroxylation is 1. The van der Waals surface area contributed by atoms with Crippen LogP contribution in [0.3, 0.4) is 0 Å². The van der Waals surface area contributed by atoms with E-state index in [1.807, 2.05) is 6.20 Å². The first kappa shape index (κ1) is 14.6. The lowest BCUT2D eigenvalue weighted by atomic mass is 9.99. The molecule has 0 radical (unpaired) electrons. The first-order chi connectivity index (χ1) is 7.84. The highest BCUT2D eigenvalue weighted by atomic mass is 32.1. The molecule has 1 rings (SSSR count). The van der Waals surface area contributed by atoms with Gasteiger partial charge in [-0.3, -0.25) is 0 Å². The molecule has 0 fully saturated rings. The Morgan fingerprint density at radius 3 is 2.59 bits per heavy atom. The number of thiazole rings is 1. The lowest BCUT2D eigenvalue weighted by molar-refractivity contribution is 0.00782. The summed E-state index contributed by atoms with van der Waals surface area (Å²) in [6.45, 7) is 10.7. The van der Waals surface area contributed by atoms with Crippen molar-refractivity contribution < 1.29 is 4.74 Å². The van der Waals surface area contributed by atoms with Crippen molar-refractivity contribution in [2.75, 3.05) is 7.11 Å². The van der Waals surface area contributed by atoms with Crippen LogP contribution < -0.4 is 5.32 Å². The maximum atomic E-state index is 5.45. The molecule has 0 aliphatic heterocycles. The summed E-state index contributed by atoms with van der Waals surface area (Å²) < 4.78 is 5.45. The maximum absolute atomic E-state index is 5.45. The Hall–Kier alpha value is -0.450. The Morgan fingerprint density at radius 1 is 1.47 bits per heavy atom. The predicted octanol–water partition coefficient (Wildman–Crippen LogP) is 3.31. The van der Waals surface area contributed by atoms with Gasteiger partial charge in [0.15, 0.2) is 0 Å². The van der Waals surface area contributed by atoms with E-state index in [1.165, 1.54) is 4.88 Å². The van der Waals surface area contributed by atoms with E-state index in [-0.39, 0.29) is 5.60 Å². The third-order valence-corrected chi connectivity index (χ3v) is 3.99. The Bertz CT molecular complexity index is 349. The van der Waals surface area contributed by atoms with Crippen molar-refractivity contribution in [3.8, 4) is 0 Å². The lowest BCUT2D eigenvalue weighted by Gasteiger charge is -2.28. The van der Waals surface area contributed by atoms with Crippen molar-refractivity contribution in [2.24, 2.45) is 0 Å². The number of nitrogens with zero attached hydrogens (tertiary/aromatic N) is 1. The van der Waals surface area contributed by atoms with Crippen molar-refractivity contribution in [1.82, 2.24) is 10.3 Å². The Labute approximate surface area is 109 Å². The van der Waals surface area contributed by atoms with Crippen LogP contribution in [0.2, 0.25) is 0 Å². The first-order valence-electron chi connectivity index (χ1n) is 6.07. The first-order valence-corrected chi connectivity index (χ1v) is 6.89. The average molecular weight is 256 g/mol. The summed E-state index contributed by atoms with van der Waals surface area (Å²) >= 11 is 1.76. The minimum absolute atomic E-state index is 0.0784. The van der Waals surface area contributed by atoms with Crippen LogP contribution in [0.1, 0.15) is 50.0 Å². The molecule has 2 atom stereocenters. The van der Waals surface area contributed by atoms with Gasteiger partial charge in [-0.1, -0.05) is 0 Å². The van der Waals surface area contributed by atoms with Gasteiger partial charge < -0.3 is 10.1 Å². The van der Waals surface area contributed by atoms with Crippen molar-refractivity contribution in [3.63, 3.8) is 0 Å². The van der Waals surface area contributed by atoms with E-state index in [2.05, 4.69) is 44.9 Å². The van der Waals surface area contributed by atoms with Gasteiger partial charge in [0.2, 0.25) is 0 Å². The van der Waals surface area contributed by atoms with Gasteiger partial charge in [0.25, 0.3) is 0 Å². The monoisotopic (exact) mass is 256 g/mol. The van der Waals surface area contributed by atoms with Gasteiger partial charge in [0, 0.05) is 24.2 Å². The number of hydrogen-bond donors (Lipinski definition) is 1. The minimum Gasteiger partial charge on any atom is -0.379 e. The van der Waals surface area contributed by atoms with Gasteiger partial charge in [-0.15, -0.1) is 11.3 Å². The molecule has 1 N–H and O–H groups in total. The van der Waals surface area contributed by atoms with E-state index >= 15 is 0 Å². The molecule has 2 unspecified atom stereocenters. The highest BCUT2D eigenvalue weighted by Gasteiger charge is 2.21. The second-order valence-electron chi connectivity index (χ2n) is 5.27. The molecule has 0 saturated heterocycles. The molecule has 17 heavy (non-hydrogen) atoms. The summed E-state index contributed by atoms with van der Waals surface area (Å²) in [5.41, 5.74) is -0.0784. The van der Waals surface area contributed by atoms with Crippen LogP contribution in [0.5, 0.6) is 0 Å². The van der Waals surface area contributed by atoms with Gasteiger partial charge in [-0.2, -0.15) is 0 Å². The molecule has 4 heteroatoms. The summed E-state index contributed by atoms with van der Waals surface area (Å²) in [5.74, 6) is 0. The number of hydrogen-bond acceptors (Lipinski definition) is 4. The van der Waals surface area contributed by atoms with Gasteiger partial charge >= 0.3 is 0 Å². The largest absolute Gasteiger partial charge is 0.379 e. The van der Waals surface area contributed by atoms with E-state index in [0.717, 1.165) is 11.4 Å². The average Bonchev–Trinajstić information content (AvgIpc) is 2.64. The summed E-state index contributed by atoms with van der Waals surface area (Å²) in [7, 11) is 1.76. The van der Waals surface area contributed by atoms with Crippen molar-refractivity contribution >= 4 is 11.3 Å². The second-order valence-corrected chi connectivity index (χ2v) is 6.53. The van der Waals surface area contributed by atoms with Gasteiger partial charge in [0.05, 0.1) is 11.6 Å². The third kappa shape index (κ3) is 4.74. The fourth-order valence-corrected chi connectivity index (χ4v) is 2.74. The molecular formula is C13H24N2OS. The van der Waals surface area contributed by atoms with E-state index in [1.54, 1.807) is 18.4 Å². The Kier molecular flexibility index (Phi) is 5.10. The SMILES string of the molecule is COC(C)(C)CC(C)NC(C)c1ncc(C)s1. The highest BCUT2D eigenvalue weighted by molar-refractivity contribution is 7.11. The van der Waals surface area contributed by atoms with E-state index in [4.69, 9.17) is 4.74 Å². The van der Waals surface area contributed by atoms with E-state index in [0.29, 0.717) is 12.1 Å². The van der Waals surface area contributed by atoms with Gasteiger partial charge in [-0.25, -0.2) is 4.98 Å². The normalized spacial score (nSPS) is 15.9. The molecule has 0 aliphatic carbocycles. The summed E-state index contributed by atoms with van der Waals surface area (Å²) in [5, 5.41) is 4.72. The highest BCUT2D eigenvalue weighted by Crippen LogP contribution is 2.21. The lowest BCUT2D eigenvalue weighted by Crippen LogP contribution is -2.36. The number of nitrogens with one attached hydrogen (secondary N) is 1. The van der Waals surface area contributed by atoms with Crippen LogP contribution in [-0.4, -0.2) is 23.7 Å². The fraction of sp³-hybridized carbons (Fsp3) is 0.769. The molecule has 0 amide bonds. The smallest absolute Gasteiger partial charge is 0.109 e. The maximum Gasteiger partial charge on any atom is 0.109 e. The van der Waals surface area contributed by atoms with Gasteiger partial charge in [-0.05, 0) is 41.0 Å². The molecule has 1 aromatic heterocycles. The number of methoxy groups -OCH3 is 1. The third-order valence-electron chi connectivity index (χ3n) is 2.89. The molecule has 3 nitrogen and oxygen atoms in total. The fourth-order valence-electron chi connectivity index (χ4n) is 1.95. The van der Waals surface area contributed by atoms with E-state index in [9.17, 15) is 0 Å². The predicted molar refractivity (Wildman–Crippen MR) is 73.6 cm³/mol. The summed E-state index contributed by atoms with van der Waals surface area (Å²) in [6, 6.07) is 0.709. The van der Waals surface area contributed by atoms with Crippen molar-refractivity contribution in [3.05, 3.63) is 16.1 Å². The summed E-state index contributed by atoms with van der Waals surface area (Å²) in [6.07, 6.45) is 2.92. The molecule has 1 heterocycles. The molecule has 0 aromatic carbocycles.